The van der Waals surface area contributed by atoms with Gasteiger partial charge in [0.2, 0.25) is 0 Å². The maximum atomic E-state index is 10.4. The lowest BCUT2D eigenvalue weighted by atomic mass is 10.2. The first-order valence-electron chi connectivity index (χ1n) is 4.74. The quantitative estimate of drug-likeness (QED) is 0.823. The monoisotopic (exact) mass is 209 g/mol. The largest absolute Gasteiger partial charge is 0.489 e. The van der Waals surface area contributed by atoms with Crippen LogP contribution in [0.3, 0.4) is 0 Å². The van der Waals surface area contributed by atoms with Crippen molar-refractivity contribution >= 4 is 6.09 Å². The summed E-state index contributed by atoms with van der Waals surface area (Å²) in [5.74, 6) is 0.789. The average Bonchev–Trinajstić information content (AvgIpc) is 2.15. The summed E-state index contributed by atoms with van der Waals surface area (Å²) in [5, 5.41) is 0. The van der Waals surface area contributed by atoms with E-state index >= 15 is 0 Å². The molecule has 4 heteroatoms. The summed E-state index contributed by atoms with van der Waals surface area (Å²) in [7, 11) is 0. The van der Waals surface area contributed by atoms with Crippen LogP contribution in [-0.2, 0) is 4.74 Å². The van der Waals surface area contributed by atoms with E-state index in [1.807, 2.05) is 31.2 Å². The Balaban J connectivity index is 2.43. The molecule has 0 spiro atoms. The lowest BCUT2D eigenvalue weighted by Crippen LogP contribution is -2.25. The molecule has 0 aliphatic carbocycles. The minimum absolute atomic E-state index is 0.299. The Morgan fingerprint density at radius 3 is 2.73 bits per heavy atom. The highest BCUT2D eigenvalue weighted by Gasteiger charge is 2.07. The summed E-state index contributed by atoms with van der Waals surface area (Å²) in [5.41, 5.74) is 5.92. The van der Waals surface area contributed by atoms with E-state index in [0.717, 1.165) is 11.3 Å². The molecule has 82 valence electrons. The highest BCUT2D eigenvalue weighted by molar-refractivity contribution is 5.64. The molecule has 2 N–H and O–H groups in total. The van der Waals surface area contributed by atoms with Crippen LogP contribution in [-0.4, -0.2) is 18.8 Å². The predicted octanol–water partition coefficient (Wildman–Crippen LogP) is 1.86. The van der Waals surface area contributed by atoms with Crippen LogP contribution in [0.1, 0.15) is 12.5 Å². The summed E-state index contributed by atoms with van der Waals surface area (Å²) >= 11 is 0. The first-order chi connectivity index (χ1) is 7.09. The van der Waals surface area contributed by atoms with Crippen molar-refractivity contribution in [2.45, 2.75) is 20.0 Å². The van der Waals surface area contributed by atoms with Crippen molar-refractivity contribution in [1.82, 2.24) is 0 Å². The second kappa shape index (κ2) is 5.24. The van der Waals surface area contributed by atoms with Gasteiger partial charge in [0.05, 0.1) is 0 Å². The predicted molar refractivity (Wildman–Crippen MR) is 56.8 cm³/mol. The molecule has 0 radical (unpaired) electrons. The minimum atomic E-state index is -0.782. The molecular weight excluding hydrogens is 194 g/mol. The summed E-state index contributed by atoms with van der Waals surface area (Å²) < 4.78 is 10.2. The molecule has 15 heavy (non-hydrogen) atoms. The van der Waals surface area contributed by atoms with E-state index in [1.54, 1.807) is 6.92 Å². The van der Waals surface area contributed by atoms with Gasteiger partial charge in [-0.3, -0.25) is 0 Å². The van der Waals surface area contributed by atoms with Crippen LogP contribution in [0.15, 0.2) is 24.3 Å². The van der Waals surface area contributed by atoms with Crippen molar-refractivity contribution in [2.75, 3.05) is 6.61 Å². The molecular formula is C11H15NO3. The van der Waals surface area contributed by atoms with Crippen LogP contribution in [0.25, 0.3) is 0 Å². The third-order valence-corrected chi connectivity index (χ3v) is 1.88. The van der Waals surface area contributed by atoms with Crippen molar-refractivity contribution in [3.63, 3.8) is 0 Å². The topological polar surface area (TPSA) is 61.6 Å². The molecule has 0 fully saturated rings. The zero-order chi connectivity index (χ0) is 11.3. The Hall–Kier alpha value is -1.71. The van der Waals surface area contributed by atoms with Crippen molar-refractivity contribution in [1.29, 1.82) is 0 Å². The first-order valence-corrected chi connectivity index (χ1v) is 4.74. The SMILES string of the molecule is Cc1ccccc1OCC(C)OC(N)=O. The maximum absolute atomic E-state index is 10.4. The van der Waals surface area contributed by atoms with Gasteiger partial charge in [0.15, 0.2) is 0 Å². The van der Waals surface area contributed by atoms with Gasteiger partial charge in [-0.25, -0.2) is 4.79 Å². The molecule has 1 aromatic rings. The minimum Gasteiger partial charge on any atom is -0.489 e. The Bertz CT molecular complexity index is 338. The number of hydrogen-bond acceptors (Lipinski definition) is 3. The molecule has 1 aromatic carbocycles. The van der Waals surface area contributed by atoms with Gasteiger partial charge in [-0.15, -0.1) is 0 Å². The number of amides is 1. The molecule has 1 atom stereocenters. The van der Waals surface area contributed by atoms with Crippen LogP contribution < -0.4 is 10.5 Å². The second-order valence-corrected chi connectivity index (χ2v) is 3.32. The van der Waals surface area contributed by atoms with Gasteiger partial charge in [0, 0.05) is 0 Å². The van der Waals surface area contributed by atoms with Gasteiger partial charge in [-0.1, -0.05) is 18.2 Å². The number of hydrogen-bond donors (Lipinski definition) is 1. The normalized spacial score (nSPS) is 11.9. The number of ether oxygens (including phenoxy) is 2. The fourth-order valence-electron chi connectivity index (χ4n) is 1.16. The Kier molecular flexibility index (Phi) is 3.97. The van der Waals surface area contributed by atoms with Crippen LogP contribution >= 0.6 is 0 Å². The van der Waals surface area contributed by atoms with Crippen LogP contribution in [0.2, 0.25) is 0 Å². The Labute approximate surface area is 89.0 Å². The molecule has 1 rings (SSSR count). The zero-order valence-electron chi connectivity index (χ0n) is 8.90. The van der Waals surface area contributed by atoms with Crippen LogP contribution in [0.4, 0.5) is 4.79 Å². The molecule has 0 bridgehead atoms. The van der Waals surface area contributed by atoms with Gasteiger partial charge in [-0.05, 0) is 25.5 Å². The van der Waals surface area contributed by atoms with Crippen molar-refractivity contribution < 1.29 is 14.3 Å². The molecule has 4 nitrogen and oxygen atoms in total. The highest BCUT2D eigenvalue weighted by atomic mass is 16.6. The summed E-state index contributed by atoms with van der Waals surface area (Å²) in [6.07, 6.45) is -1.13. The summed E-state index contributed by atoms with van der Waals surface area (Å²) in [4.78, 5) is 10.4. The maximum Gasteiger partial charge on any atom is 0.404 e. The van der Waals surface area contributed by atoms with E-state index in [9.17, 15) is 4.79 Å². The van der Waals surface area contributed by atoms with Gasteiger partial charge in [0.1, 0.15) is 18.5 Å². The number of benzene rings is 1. The van der Waals surface area contributed by atoms with E-state index in [-0.39, 0.29) is 6.10 Å². The van der Waals surface area contributed by atoms with E-state index < -0.39 is 6.09 Å². The van der Waals surface area contributed by atoms with Gasteiger partial charge >= 0.3 is 6.09 Å². The third kappa shape index (κ3) is 3.89. The number of nitrogens with two attached hydrogens (primary N) is 1. The van der Waals surface area contributed by atoms with Crippen molar-refractivity contribution in [3.8, 4) is 5.75 Å². The number of rotatable bonds is 4. The smallest absolute Gasteiger partial charge is 0.404 e. The standard InChI is InChI=1S/C11H15NO3/c1-8-5-3-4-6-10(8)14-7-9(2)15-11(12)13/h3-6,9H,7H2,1-2H3,(H2,12,13). The van der Waals surface area contributed by atoms with E-state index in [0.29, 0.717) is 6.61 Å². The average molecular weight is 209 g/mol. The third-order valence-electron chi connectivity index (χ3n) is 1.88. The van der Waals surface area contributed by atoms with Gasteiger partial charge in [0.25, 0.3) is 0 Å². The van der Waals surface area contributed by atoms with E-state index in [4.69, 9.17) is 15.2 Å². The second-order valence-electron chi connectivity index (χ2n) is 3.32. The highest BCUT2D eigenvalue weighted by Crippen LogP contribution is 2.16. The molecule has 1 unspecified atom stereocenters. The van der Waals surface area contributed by atoms with Crippen molar-refractivity contribution in [3.05, 3.63) is 29.8 Å². The number of carbonyl (C=O) groups excluding carboxylic acids is 1. The Morgan fingerprint density at radius 2 is 2.13 bits per heavy atom. The molecule has 0 heterocycles. The van der Waals surface area contributed by atoms with E-state index in [1.165, 1.54) is 0 Å². The van der Waals surface area contributed by atoms with E-state index in [2.05, 4.69) is 0 Å². The fraction of sp³-hybridized carbons (Fsp3) is 0.364. The number of primary amides is 1. The molecule has 1 amide bonds. The van der Waals surface area contributed by atoms with Crippen LogP contribution in [0.5, 0.6) is 5.75 Å². The lowest BCUT2D eigenvalue weighted by molar-refractivity contribution is 0.0821. The number of carbonyl (C=O) groups is 1. The van der Waals surface area contributed by atoms with Gasteiger partial charge < -0.3 is 15.2 Å². The lowest BCUT2D eigenvalue weighted by Gasteiger charge is -2.13. The van der Waals surface area contributed by atoms with Crippen molar-refractivity contribution in [2.24, 2.45) is 5.73 Å². The van der Waals surface area contributed by atoms with Gasteiger partial charge in [-0.2, -0.15) is 0 Å². The van der Waals surface area contributed by atoms with Crippen LogP contribution in [0, 0.1) is 6.92 Å². The molecule has 0 aliphatic rings. The number of para-hydroxylation sites is 1. The molecule has 0 aromatic heterocycles. The molecule has 0 aliphatic heterocycles. The molecule has 0 saturated carbocycles. The summed E-state index contributed by atoms with van der Waals surface area (Å²) in [6.45, 7) is 3.98. The number of aryl methyl sites for hydroxylation is 1. The first kappa shape index (κ1) is 11.4. The summed E-state index contributed by atoms with van der Waals surface area (Å²) in [6, 6.07) is 7.65. The molecule has 0 saturated heterocycles. The zero-order valence-corrected chi connectivity index (χ0v) is 8.90. The Morgan fingerprint density at radius 1 is 1.47 bits per heavy atom. The fourth-order valence-corrected chi connectivity index (χ4v) is 1.16.